The van der Waals surface area contributed by atoms with E-state index in [0.717, 1.165) is 28.2 Å². The molecule has 0 N–H and O–H groups in total. The fraction of sp³-hybridized carbons (Fsp3) is 0.211. The van der Waals surface area contributed by atoms with Gasteiger partial charge in [0.25, 0.3) is 0 Å². The first-order chi connectivity index (χ1) is 12.5. The van der Waals surface area contributed by atoms with Crippen molar-refractivity contribution >= 4 is 28.3 Å². The minimum Gasteiger partial charge on any atom is -0.493 e. The zero-order chi connectivity index (χ0) is 18.4. The van der Waals surface area contributed by atoms with Gasteiger partial charge in [-0.2, -0.15) is 0 Å². The molecule has 0 bridgehead atoms. The second kappa shape index (κ2) is 6.14. The maximum Gasteiger partial charge on any atom is 0.183 e. The molecule has 0 spiro atoms. The summed E-state index contributed by atoms with van der Waals surface area (Å²) in [6, 6.07) is 9.55. The van der Waals surface area contributed by atoms with Crippen LogP contribution in [-0.4, -0.2) is 33.8 Å². The lowest BCUT2D eigenvalue weighted by Crippen LogP contribution is -2.00. The van der Waals surface area contributed by atoms with Gasteiger partial charge in [-0.1, -0.05) is 23.2 Å². The van der Waals surface area contributed by atoms with E-state index in [9.17, 15) is 0 Å². The zero-order valence-corrected chi connectivity index (χ0v) is 15.6. The lowest BCUT2D eigenvalue weighted by Gasteiger charge is -2.11. The Morgan fingerprint density at radius 1 is 0.962 bits per heavy atom. The number of aromatic nitrogens is 4. The number of benzene rings is 2. The van der Waals surface area contributed by atoms with Gasteiger partial charge in [-0.15, -0.1) is 10.2 Å². The average Bonchev–Trinajstić information content (AvgIpc) is 2.99. The average molecular weight is 369 g/mol. The Kier molecular flexibility index (Phi) is 3.92. The van der Waals surface area contributed by atoms with Crippen LogP contribution in [0.4, 0.5) is 0 Å². The van der Waals surface area contributed by atoms with E-state index in [-0.39, 0.29) is 0 Å². The molecular formula is C19H17ClN4O2. The highest BCUT2D eigenvalue weighted by atomic mass is 35.5. The summed E-state index contributed by atoms with van der Waals surface area (Å²) >= 11 is 6.46. The first-order valence-electron chi connectivity index (χ1n) is 8.07. The maximum atomic E-state index is 6.46. The van der Waals surface area contributed by atoms with Crippen LogP contribution in [0.15, 0.2) is 30.3 Å². The van der Waals surface area contributed by atoms with Crippen molar-refractivity contribution in [1.82, 2.24) is 19.6 Å². The summed E-state index contributed by atoms with van der Waals surface area (Å²) in [5.41, 5.74) is 4.90. The van der Waals surface area contributed by atoms with E-state index in [0.29, 0.717) is 27.7 Å². The smallest absolute Gasteiger partial charge is 0.183 e. The van der Waals surface area contributed by atoms with Crippen molar-refractivity contribution in [2.24, 2.45) is 0 Å². The molecule has 26 heavy (non-hydrogen) atoms. The van der Waals surface area contributed by atoms with Crippen LogP contribution in [0.2, 0.25) is 5.02 Å². The van der Waals surface area contributed by atoms with Crippen molar-refractivity contribution in [3.63, 3.8) is 0 Å². The number of halogens is 1. The van der Waals surface area contributed by atoms with E-state index in [4.69, 9.17) is 26.1 Å². The molecule has 132 valence electrons. The minimum absolute atomic E-state index is 0.598. The molecule has 4 rings (SSSR count). The highest BCUT2D eigenvalue weighted by Crippen LogP contribution is 2.35. The Morgan fingerprint density at radius 2 is 1.69 bits per heavy atom. The van der Waals surface area contributed by atoms with Crippen LogP contribution in [0.1, 0.15) is 11.3 Å². The first-order valence-corrected chi connectivity index (χ1v) is 8.45. The molecule has 0 radical (unpaired) electrons. The highest BCUT2D eigenvalue weighted by Gasteiger charge is 2.18. The van der Waals surface area contributed by atoms with Crippen molar-refractivity contribution in [1.29, 1.82) is 0 Å². The Bertz CT molecular complexity index is 1150. The molecule has 2 aromatic heterocycles. The predicted octanol–water partition coefficient (Wildman–Crippen LogP) is 4.23. The summed E-state index contributed by atoms with van der Waals surface area (Å²) < 4.78 is 12.8. The van der Waals surface area contributed by atoms with Gasteiger partial charge in [0.1, 0.15) is 11.3 Å². The quantitative estimate of drug-likeness (QED) is 0.541. The standard InChI is InChI=1S/C19H17ClN4O2/c1-10-5-6-13(20)12(7-10)19-21-11(2)18-23-22-14-8-16(25-3)17(26-4)9-15(14)24(18)19/h5-9H,1-4H3. The monoisotopic (exact) mass is 368 g/mol. The lowest BCUT2D eigenvalue weighted by atomic mass is 10.1. The van der Waals surface area contributed by atoms with Crippen LogP contribution < -0.4 is 9.47 Å². The minimum atomic E-state index is 0.598. The molecule has 0 saturated carbocycles. The first kappa shape index (κ1) is 16.6. The number of imidazole rings is 1. The van der Waals surface area contributed by atoms with Crippen LogP contribution in [0.3, 0.4) is 0 Å². The third kappa shape index (κ3) is 2.45. The number of rotatable bonds is 3. The molecule has 0 unspecified atom stereocenters. The molecule has 0 amide bonds. The number of hydrogen-bond donors (Lipinski definition) is 0. The van der Waals surface area contributed by atoms with Gasteiger partial charge >= 0.3 is 0 Å². The summed E-state index contributed by atoms with van der Waals surface area (Å²) in [5, 5.41) is 9.30. The molecule has 4 aromatic rings. The van der Waals surface area contributed by atoms with Crippen LogP contribution in [0.5, 0.6) is 11.5 Å². The molecule has 7 heteroatoms. The molecular weight excluding hydrogens is 352 g/mol. The Balaban J connectivity index is 2.14. The summed E-state index contributed by atoms with van der Waals surface area (Å²) in [7, 11) is 3.20. The van der Waals surface area contributed by atoms with E-state index in [1.165, 1.54) is 0 Å². The number of fused-ring (bicyclic) bond motifs is 3. The lowest BCUT2D eigenvalue weighted by molar-refractivity contribution is 0.355. The molecule has 2 heterocycles. The number of hydrogen-bond acceptors (Lipinski definition) is 5. The topological polar surface area (TPSA) is 61.5 Å². The molecule has 0 saturated heterocycles. The van der Waals surface area contributed by atoms with Gasteiger partial charge < -0.3 is 9.47 Å². The van der Waals surface area contributed by atoms with Gasteiger partial charge in [-0.3, -0.25) is 4.40 Å². The molecule has 2 aromatic carbocycles. The third-order valence-corrected chi connectivity index (χ3v) is 4.69. The van der Waals surface area contributed by atoms with E-state index in [2.05, 4.69) is 10.2 Å². The zero-order valence-electron chi connectivity index (χ0n) is 14.9. The molecule has 6 nitrogen and oxygen atoms in total. The van der Waals surface area contributed by atoms with Gasteiger partial charge in [-0.25, -0.2) is 4.98 Å². The van der Waals surface area contributed by atoms with Crippen LogP contribution in [0, 0.1) is 13.8 Å². The molecule has 0 fully saturated rings. The largest absolute Gasteiger partial charge is 0.493 e. The predicted molar refractivity (Wildman–Crippen MR) is 101 cm³/mol. The molecule has 0 aliphatic heterocycles. The van der Waals surface area contributed by atoms with E-state index in [1.807, 2.05) is 42.5 Å². The second-order valence-corrected chi connectivity index (χ2v) is 6.47. The van der Waals surface area contributed by atoms with Gasteiger partial charge in [-0.05, 0) is 26.0 Å². The Morgan fingerprint density at radius 3 is 2.42 bits per heavy atom. The normalized spacial score (nSPS) is 11.3. The van der Waals surface area contributed by atoms with Crippen LogP contribution in [0.25, 0.3) is 28.1 Å². The second-order valence-electron chi connectivity index (χ2n) is 6.06. The summed E-state index contributed by atoms with van der Waals surface area (Å²) in [4.78, 5) is 4.71. The van der Waals surface area contributed by atoms with Crippen LogP contribution in [-0.2, 0) is 0 Å². The third-order valence-electron chi connectivity index (χ3n) is 4.36. The van der Waals surface area contributed by atoms with Gasteiger partial charge in [0.2, 0.25) is 0 Å². The fourth-order valence-electron chi connectivity index (χ4n) is 3.08. The van der Waals surface area contributed by atoms with Crippen molar-refractivity contribution < 1.29 is 9.47 Å². The van der Waals surface area contributed by atoms with E-state index in [1.54, 1.807) is 20.3 Å². The molecule has 0 atom stereocenters. The molecule has 0 aliphatic carbocycles. The Labute approximate surface area is 155 Å². The number of aryl methyl sites for hydroxylation is 2. The van der Waals surface area contributed by atoms with Gasteiger partial charge in [0, 0.05) is 17.7 Å². The van der Waals surface area contributed by atoms with Crippen LogP contribution >= 0.6 is 11.6 Å². The fourth-order valence-corrected chi connectivity index (χ4v) is 3.28. The van der Waals surface area contributed by atoms with Crippen molar-refractivity contribution in [3.8, 4) is 22.9 Å². The summed E-state index contributed by atoms with van der Waals surface area (Å²) in [5.74, 6) is 1.93. The van der Waals surface area contributed by atoms with Crippen molar-refractivity contribution in [3.05, 3.63) is 46.6 Å². The van der Waals surface area contributed by atoms with E-state index >= 15 is 0 Å². The Hall–Kier alpha value is -2.86. The number of methoxy groups -OCH3 is 2. The highest BCUT2D eigenvalue weighted by molar-refractivity contribution is 6.33. The van der Waals surface area contributed by atoms with Crippen molar-refractivity contribution in [2.45, 2.75) is 13.8 Å². The number of nitrogens with zero attached hydrogens (tertiary/aromatic N) is 4. The van der Waals surface area contributed by atoms with Gasteiger partial charge in [0.05, 0.1) is 30.5 Å². The SMILES string of the molecule is COc1cc2nnc3c(C)nc(-c4cc(C)ccc4Cl)n3c2cc1OC. The van der Waals surface area contributed by atoms with Crippen molar-refractivity contribution in [2.75, 3.05) is 14.2 Å². The molecule has 0 aliphatic rings. The van der Waals surface area contributed by atoms with Gasteiger partial charge in [0.15, 0.2) is 17.1 Å². The van der Waals surface area contributed by atoms with E-state index < -0.39 is 0 Å². The summed E-state index contributed by atoms with van der Waals surface area (Å²) in [6.07, 6.45) is 0. The summed E-state index contributed by atoms with van der Waals surface area (Å²) in [6.45, 7) is 3.93. The number of ether oxygens (including phenoxy) is 2. The maximum absolute atomic E-state index is 6.46.